The maximum absolute atomic E-state index is 12.7. The Bertz CT molecular complexity index is 760. The van der Waals surface area contributed by atoms with Crippen LogP contribution in [0.25, 0.3) is 0 Å². The first kappa shape index (κ1) is 21.7. The minimum atomic E-state index is 0.0796. The van der Waals surface area contributed by atoms with E-state index in [1.807, 2.05) is 36.9 Å². The van der Waals surface area contributed by atoms with Gasteiger partial charge in [0.2, 0.25) is 11.0 Å². The summed E-state index contributed by atoms with van der Waals surface area (Å²) >= 11 is 1.38. The van der Waals surface area contributed by atoms with Crippen LogP contribution >= 0.6 is 11.5 Å². The van der Waals surface area contributed by atoms with Crippen molar-refractivity contribution in [3.63, 3.8) is 0 Å². The van der Waals surface area contributed by atoms with E-state index in [4.69, 9.17) is 14.5 Å². The Hall–Kier alpha value is -2.03. The number of anilines is 1. The summed E-state index contributed by atoms with van der Waals surface area (Å²) in [5.41, 5.74) is 1.19. The van der Waals surface area contributed by atoms with Gasteiger partial charge in [-0.15, -0.1) is 0 Å². The Morgan fingerprint density at radius 3 is 2.66 bits per heavy atom. The maximum atomic E-state index is 12.7. The monoisotopic (exact) mass is 418 g/mol. The van der Waals surface area contributed by atoms with E-state index in [-0.39, 0.29) is 18.1 Å². The molecule has 1 aromatic heterocycles. The first-order valence-corrected chi connectivity index (χ1v) is 10.9. The Labute approximate surface area is 176 Å². The lowest BCUT2D eigenvalue weighted by molar-refractivity contribution is -0.143. The fraction of sp³-hybridized carbons (Fsp3) is 0.571. The largest absolute Gasteiger partial charge is 0.383 e. The van der Waals surface area contributed by atoms with E-state index in [1.54, 1.807) is 7.11 Å². The average molecular weight is 419 g/mol. The number of ether oxygens (including phenoxy) is 2. The lowest BCUT2D eigenvalue weighted by Gasteiger charge is -2.35. The minimum Gasteiger partial charge on any atom is -0.383 e. The third kappa shape index (κ3) is 6.48. The summed E-state index contributed by atoms with van der Waals surface area (Å²) in [5.74, 6) is 0.962. The van der Waals surface area contributed by atoms with Crippen LogP contribution in [0, 0.1) is 0 Å². The van der Waals surface area contributed by atoms with Gasteiger partial charge >= 0.3 is 0 Å². The molecule has 2 aromatic rings. The SMILES string of the molecule is COCCN(CCC(=O)N1CC(C)OC(C)C1)c1nc(Cc2ccccc2)ns1. The van der Waals surface area contributed by atoms with Crippen molar-refractivity contribution in [1.82, 2.24) is 14.3 Å². The molecule has 0 bridgehead atoms. The van der Waals surface area contributed by atoms with E-state index < -0.39 is 0 Å². The molecule has 1 saturated heterocycles. The fourth-order valence-corrected chi connectivity index (χ4v) is 4.23. The van der Waals surface area contributed by atoms with Gasteiger partial charge < -0.3 is 19.3 Å². The highest BCUT2D eigenvalue weighted by Crippen LogP contribution is 2.20. The number of amides is 1. The van der Waals surface area contributed by atoms with Crippen molar-refractivity contribution >= 4 is 22.6 Å². The highest BCUT2D eigenvalue weighted by atomic mass is 32.1. The molecule has 2 heterocycles. The Morgan fingerprint density at radius 1 is 1.24 bits per heavy atom. The van der Waals surface area contributed by atoms with E-state index in [2.05, 4.69) is 21.4 Å². The molecule has 29 heavy (non-hydrogen) atoms. The molecule has 2 unspecified atom stereocenters. The zero-order chi connectivity index (χ0) is 20.6. The van der Waals surface area contributed by atoms with Crippen LogP contribution in [0.2, 0.25) is 0 Å². The molecule has 1 aromatic carbocycles. The zero-order valence-corrected chi connectivity index (χ0v) is 18.2. The highest BCUT2D eigenvalue weighted by Gasteiger charge is 2.26. The summed E-state index contributed by atoms with van der Waals surface area (Å²) in [6.45, 7) is 7.19. The van der Waals surface area contributed by atoms with E-state index in [1.165, 1.54) is 17.1 Å². The molecule has 1 amide bonds. The number of rotatable bonds is 9. The number of benzene rings is 1. The van der Waals surface area contributed by atoms with Gasteiger partial charge in [0.05, 0.1) is 18.8 Å². The number of methoxy groups -OCH3 is 1. The second-order valence-electron chi connectivity index (χ2n) is 7.44. The topological polar surface area (TPSA) is 67.8 Å². The van der Waals surface area contributed by atoms with Crippen LogP contribution < -0.4 is 4.90 Å². The number of hydrogen-bond acceptors (Lipinski definition) is 7. The van der Waals surface area contributed by atoms with Crippen molar-refractivity contribution in [1.29, 1.82) is 0 Å². The number of carbonyl (C=O) groups is 1. The number of hydrogen-bond donors (Lipinski definition) is 0. The molecular weight excluding hydrogens is 388 g/mol. The Morgan fingerprint density at radius 2 is 1.97 bits per heavy atom. The molecule has 3 rings (SSSR count). The quantitative estimate of drug-likeness (QED) is 0.624. The number of morpholine rings is 1. The molecule has 0 saturated carbocycles. The molecule has 2 atom stereocenters. The molecule has 0 N–H and O–H groups in total. The van der Waals surface area contributed by atoms with Crippen LogP contribution in [0.5, 0.6) is 0 Å². The van der Waals surface area contributed by atoms with Gasteiger partial charge in [0.15, 0.2) is 0 Å². The van der Waals surface area contributed by atoms with Gasteiger partial charge in [0, 0.05) is 57.7 Å². The predicted molar refractivity (Wildman–Crippen MR) is 114 cm³/mol. The molecule has 158 valence electrons. The van der Waals surface area contributed by atoms with Gasteiger partial charge in [-0.1, -0.05) is 30.3 Å². The molecular formula is C21H30N4O3S. The summed E-state index contributed by atoms with van der Waals surface area (Å²) in [5, 5.41) is 0.837. The number of carbonyl (C=O) groups excluding carboxylic acids is 1. The first-order chi connectivity index (χ1) is 14.0. The molecule has 1 fully saturated rings. The van der Waals surface area contributed by atoms with Crippen LogP contribution in [-0.4, -0.2) is 72.3 Å². The van der Waals surface area contributed by atoms with Crippen molar-refractivity contribution in [3.8, 4) is 0 Å². The van der Waals surface area contributed by atoms with Crippen LogP contribution in [-0.2, 0) is 20.7 Å². The predicted octanol–water partition coefficient (Wildman–Crippen LogP) is 2.61. The molecule has 0 spiro atoms. The van der Waals surface area contributed by atoms with Crippen LogP contribution in [0.3, 0.4) is 0 Å². The number of nitrogens with zero attached hydrogens (tertiary/aromatic N) is 4. The van der Waals surface area contributed by atoms with Gasteiger partial charge in [-0.05, 0) is 19.4 Å². The van der Waals surface area contributed by atoms with Gasteiger partial charge in [-0.2, -0.15) is 4.37 Å². The highest BCUT2D eigenvalue weighted by molar-refractivity contribution is 7.09. The molecule has 0 radical (unpaired) electrons. The summed E-state index contributed by atoms with van der Waals surface area (Å²) in [6, 6.07) is 10.2. The summed E-state index contributed by atoms with van der Waals surface area (Å²) in [6.07, 6.45) is 1.31. The second kappa shape index (κ2) is 10.7. The van der Waals surface area contributed by atoms with Gasteiger partial charge in [-0.25, -0.2) is 4.98 Å². The van der Waals surface area contributed by atoms with E-state index in [9.17, 15) is 4.79 Å². The van der Waals surface area contributed by atoms with E-state index in [0.717, 1.165) is 11.0 Å². The van der Waals surface area contributed by atoms with E-state index in [0.29, 0.717) is 45.6 Å². The zero-order valence-electron chi connectivity index (χ0n) is 17.4. The fourth-order valence-electron chi connectivity index (χ4n) is 3.50. The van der Waals surface area contributed by atoms with Crippen LogP contribution in [0.1, 0.15) is 31.7 Å². The Kier molecular flexibility index (Phi) is 7.97. The lowest BCUT2D eigenvalue weighted by Crippen LogP contribution is -2.48. The second-order valence-corrected chi connectivity index (χ2v) is 8.17. The first-order valence-electron chi connectivity index (χ1n) is 10.1. The number of aromatic nitrogens is 2. The normalized spacial score (nSPS) is 19.3. The molecule has 0 aliphatic carbocycles. The smallest absolute Gasteiger partial charge is 0.224 e. The van der Waals surface area contributed by atoms with Crippen molar-refractivity contribution in [2.75, 3.05) is 44.8 Å². The van der Waals surface area contributed by atoms with E-state index >= 15 is 0 Å². The molecule has 8 heteroatoms. The van der Waals surface area contributed by atoms with Crippen molar-refractivity contribution in [2.45, 2.75) is 38.9 Å². The van der Waals surface area contributed by atoms with Gasteiger partial charge in [0.25, 0.3) is 0 Å². The summed E-state index contributed by atoms with van der Waals surface area (Å²) < 4.78 is 15.5. The third-order valence-corrected chi connectivity index (χ3v) is 5.68. The molecule has 1 aliphatic rings. The van der Waals surface area contributed by atoms with Crippen LogP contribution in [0.15, 0.2) is 30.3 Å². The Balaban J connectivity index is 1.60. The minimum absolute atomic E-state index is 0.0796. The van der Waals surface area contributed by atoms with Crippen molar-refractivity contribution < 1.29 is 14.3 Å². The van der Waals surface area contributed by atoms with Crippen LogP contribution in [0.4, 0.5) is 5.13 Å². The van der Waals surface area contributed by atoms with Gasteiger partial charge in [-0.3, -0.25) is 4.79 Å². The lowest BCUT2D eigenvalue weighted by atomic mass is 10.1. The van der Waals surface area contributed by atoms with Gasteiger partial charge in [0.1, 0.15) is 5.82 Å². The maximum Gasteiger partial charge on any atom is 0.224 e. The molecule has 7 nitrogen and oxygen atoms in total. The summed E-state index contributed by atoms with van der Waals surface area (Å²) in [4.78, 5) is 21.4. The average Bonchev–Trinajstić information content (AvgIpc) is 3.16. The van der Waals surface area contributed by atoms with Crippen molar-refractivity contribution in [3.05, 3.63) is 41.7 Å². The third-order valence-electron chi connectivity index (χ3n) is 4.87. The standard InChI is InChI=1S/C21H30N4O3S/c1-16-14-25(15-17(2)28-16)20(26)9-10-24(11-12-27-3)21-22-19(23-29-21)13-18-7-5-4-6-8-18/h4-8,16-17H,9-15H2,1-3H3. The van der Waals surface area contributed by atoms with Crippen molar-refractivity contribution in [2.24, 2.45) is 0 Å². The summed E-state index contributed by atoms with van der Waals surface area (Å²) in [7, 11) is 1.68. The molecule has 1 aliphatic heterocycles.